The van der Waals surface area contributed by atoms with Gasteiger partial charge in [-0.3, -0.25) is 0 Å². The van der Waals surface area contributed by atoms with Crippen LogP contribution in [0.1, 0.15) is 34.1 Å². The molecule has 3 aromatic carbocycles. The van der Waals surface area contributed by atoms with Crippen LogP contribution in [-0.4, -0.2) is 43.6 Å². The minimum Gasteiger partial charge on any atom is -0.496 e. The van der Waals surface area contributed by atoms with Crippen LogP contribution in [0.3, 0.4) is 0 Å². The number of hydrogen-bond donors (Lipinski definition) is 0. The van der Waals surface area contributed by atoms with Crippen molar-refractivity contribution in [2.45, 2.75) is 19.4 Å². The van der Waals surface area contributed by atoms with Crippen molar-refractivity contribution in [1.29, 1.82) is 0 Å². The third kappa shape index (κ3) is 4.27. The van der Waals surface area contributed by atoms with Crippen LogP contribution in [0.4, 0.5) is 0 Å². The summed E-state index contributed by atoms with van der Waals surface area (Å²) in [5, 5.41) is 10.2. The fraction of sp³-hybridized carbons (Fsp3) is 0.161. The number of fused-ring (bicyclic) bond motifs is 4. The molecule has 0 spiro atoms. The number of ether oxygens (including phenoxy) is 4. The first-order chi connectivity index (χ1) is 20.6. The average molecular weight is 581 g/mol. The summed E-state index contributed by atoms with van der Waals surface area (Å²) in [6, 6.07) is 22.8. The van der Waals surface area contributed by atoms with Crippen molar-refractivity contribution in [2.75, 3.05) is 14.2 Å². The fourth-order valence-corrected chi connectivity index (χ4v) is 5.46. The van der Waals surface area contributed by atoms with E-state index in [1.165, 1.54) is 0 Å². The number of methoxy groups -OCH3 is 2. The zero-order valence-corrected chi connectivity index (χ0v) is 23.7. The molecule has 0 unspecified atom stereocenters. The van der Waals surface area contributed by atoms with Gasteiger partial charge < -0.3 is 18.9 Å². The Hall–Kier alpha value is -5.09. The van der Waals surface area contributed by atoms with Gasteiger partial charge in [0.15, 0.2) is 23.0 Å². The van der Waals surface area contributed by atoms with Gasteiger partial charge in [-0.15, -0.1) is 5.10 Å². The van der Waals surface area contributed by atoms with Crippen LogP contribution < -0.4 is 18.9 Å². The SMILES string of the molecule is COc1ccccc1OCc1nc2c3c(ncn2n1)Oc1c(c(C)nn1-c1ccc(Cl)cc1)[C@@H]3c1ccccc1OC. The summed E-state index contributed by atoms with van der Waals surface area (Å²) in [5.41, 5.74) is 4.76. The minimum absolute atomic E-state index is 0.135. The van der Waals surface area contributed by atoms with Crippen molar-refractivity contribution >= 4 is 17.2 Å². The number of hydrogen-bond acceptors (Lipinski definition) is 8. The summed E-state index contributed by atoms with van der Waals surface area (Å²) < 4.78 is 27.2. The molecule has 0 aliphatic carbocycles. The van der Waals surface area contributed by atoms with E-state index in [2.05, 4.69) is 10.1 Å². The topological polar surface area (TPSA) is 97.8 Å². The molecular weight excluding hydrogens is 556 g/mol. The van der Waals surface area contributed by atoms with E-state index < -0.39 is 0 Å². The van der Waals surface area contributed by atoms with Crippen LogP contribution in [0.15, 0.2) is 79.1 Å². The lowest BCUT2D eigenvalue weighted by molar-refractivity contribution is 0.276. The minimum atomic E-state index is -0.357. The van der Waals surface area contributed by atoms with E-state index in [4.69, 9.17) is 40.6 Å². The van der Waals surface area contributed by atoms with E-state index in [-0.39, 0.29) is 12.5 Å². The smallest absolute Gasteiger partial charge is 0.230 e. The molecule has 1 aliphatic heterocycles. The van der Waals surface area contributed by atoms with Crippen LogP contribution >= 0.6 is 11.6 Å². The lowest BCUT2D eigenvalue weighted by Gasteiger charge is -2.27. The Bertz CT molecular complexity index is 1930. The number of nitrogens with zero attached hydrogens (tertiary/aromatic N) is 6. The molecule has 0 N–H and O–H groups in total. The Morgan fingerprint density at radius 2 is 1.57 bits per heavy atom. The summed E-state index contributed by atoms with van der Waals surface area (Å²) in [6.45, 7) is 2.10. The van der Waals surface area contributed by atoms with E-state index >= 15 is 0 Å². The van der Waals surface area contributed by atoms with Gasteiger partial charge >= 0.3 is 0 Å². The van der Waals surface area contributed by atoms with Gasteiger partial charge in [-0.05, 0) is 49.4 Å². The van der Waals surface area contributed by atoms with Crippen LogP contribution in [0, 0.1) is 6.92 Å². The molecule has 7 rings (SSSR count). The first-order valence-electron chi connectivity index (χ1n) is 13.2. The van der Waals surface area contributed by atoms with Gasteiger partial charge in [-0.25, -0.2) is 19.2 Å². The van der Waals surface area contributed by atoms with Gasteiger partial charge in [-0.1, -0.05) is 41.9 Å². The maximum atomic E-state index is 6.50. The molecule has 1 aliphatic rings. The van der Waals surface area contributed by atoms with Crippen molar-refractivity contribution < 1.29 is 18.9 Å². The summed E-state index contributed by atoms with van der Waals surface area (Å²) >= 11 is 6.17. The molecule has 10 nitrogen and oxygen atoms in total. The normalized spacial score (nSPS) is 13.8. The van der Waals surface area contributed by atoms with Crippen molar-refractivity contribution in [1.82, 2.24) is 29.4 Å². The Morgan fingerprint density at radius 3 is 2.33 bits per heavy atom. The largest absolute Gasteiger partial charge is 0.496 e. The number of halogens is 1. The maximum absolute atomic E-state index is 6.50. The lowest BCUT2D eigenvalue weighted by Crippen LogP contribution is -2.16. The van der Waals surface area contributed by atoms with Crippen LogP contribution in [0.2, 0.25) is 5.02 Å². The van der Waals surface area contributed by atoms with Gasteiger partial charge in [-0.2, -0.15) is 5.10 Å². The van der Waals surface area contributed by atoms with Gasteiger partial charge in [0.2, 0.25) is 11.8 Å². The molecule has 0 saturated carbocycles. The predicted octanol–water partition coefficient (Wildman–Crippen LogP) is 6.15. The van der Waals surface area contributed by atoms with Crippen molar-refractivity contribution in [3.63, 3.8) is 0 Å². The second-order valence-corrected chi connectivity index (χ2v) is 10.1. The monoisotopic (exact) mass is 580 g/mol. The highest BCUT2D eigenvalue weighted by atomic mass is 35.5. The van der Waals surface area contributed by atoms with E-state index in [0.29, 0.717) is 39.8 Å². The van der Waals surface area contributed by atoms with Crippen molar-refractivity contribution in [3.05, 3.63) is 112 Å². The highest BCUT2D eigenvalue weighted by molar-refractivity contribution is 6.30. The highest BCUT2D eigenvalue weighted by Gasteiger charge is 2.39. The second-order valence-electron chi connectivity index (χ2n) is 9.67. The molecule has 4 heterocycles. The maximum Gasteiger partial charge on any atom is 0.230 e. The number of aromatic nitrogens is 6. The third-order valence-electron chi connectivity index (χ3n) is 7.21. The lowest BCUT2D eigenvalue weighted by atomic mass is 9.84. The first kappa shape index (κ1) is 25.8. The third-order valence-corrected chi connectivity index (χ3v) is 7.46. The van der Waals surface area contributed by atoms with Gasteiger partial charge in [0.05, 0.1) is 42.6 Å². The molecule has 1 atom stereocenters. The molecule has 42 heavy (non-hydrogen) atoms. The summed E-state index contributed by atoms with van der Waals surface area (Å²) in [4.78, 5) is 9.56. The van der Waals surface area contributed by atoms with Gasteiger partial charge in [0, 0.05) is 10.6 Å². The molecule has 0 amide bonds. The molecule has 11 heteroatoms. The molecule has 0 saturated heterocycles. The van der Waals surface area contributed by atoms with E-state index in [0.717, 1.165) is 33.8 Å². The van der Waals surface area contributed by atoms with Crippen molar-refractivity contribution in [2.24, 2.45) is 0 Å². The van der Waals surface area contributed by atoms with Crippen molar-refractivity contribution in [3.8, 4) is 34.7 Å². The molecular formula is C31H25ClN6O4. The molecule has 3 aromatic heterocycles. The number of rotatable bonds is 7. The van der Waals surface area contributed by atoms with E-state index in [9.17, 15) is 0 Å². The first-order valence-corrected chi connectivity index (χ1v) is 13.6. The Balaban J connectivity index is 1.38. The number of benzene rings is 3. The standard InChI is InChI=1S/C31H25ClN6O4/c1-18-26-27(21-8-4-5-9-22(21)39-2)28-29-34-25(16-41-24-11-7-6-10-23(24)40-3)36-37(29)17-33-30(28)42-31(26)38(35-18)20-14-12-19(32)13-15-20/h4-15,17,27H,16H2,1-3H3/t27-/m0/s1. The molecule has 0 fully saturated rings. The predicted molar refractivity (Wildman–Crippen MR) is 155 cm³/mol. The average Bonchev–Trinajstić information content (AvgIpc) is 3.60. The Kier molecular flexibility index (Phi) is 6.39. The molecule has 0 radical (unpaired) electrons. The van der Waals surface area contributed by atoms with E-state index in [1.807, 2.05) is 79.7 Å². The molecule has 6 aromatic rings. The summed E-state index contributed by atoms with van der Waals surface area (Å²) in [6.07, 6.45) is 1.59. The fourth-order valence-electron chi connectivity index (χ4n) is 5.34. The van der Waals surface area contributed by atoms with Crippen LogP contribution in [0.5, 0.6) is 29.0 Å². The number of para-hydroxylation sites is 3. The summed E-state index contributed by atoms with van der Waals surface area (Å²) in [7, 11) is 3.26. The zero-order valence-electron chi connectivity index (χ0n) is 23.0. The zero-order chi connectivity index (χ0) is 28.8. The quantitative estimate of drug-likeness (QED) is 0.221. The molecule has 0 bridgehead atoms. The Morgan fingerprint density at radius 1 is 0.857 bits per heavy atom. The summed E-state index contributed by atoms with van der Waals surface area (Å²) in [5.74, 6) is 3.05. The highest BCUT2D eigenvalue weighted by Crippen LogP contribution is 2.51. The van der Waals surface area contributed by atoms with Gasteiger partial charge in [0.25, 0.3) is 0 Å². The second kappa shape index (κ2) is 10.4. The number of aryl methyl sites for hydroxylation is 1. The van der Waals surface area contributed by atoms with Crippen LogP contribution in [0.25, 0.3) is 11.3 Å². The Labute approximate surface area is 246 Å². The van der Waals surface area contributed by atoms with E-state index in [1.54, 1.807) is 29.7 Å². The van der Waals surface area contributed by atoms with Gasteiger partial charge in [0.1, 0.15) is 18.7 Å². The van der Waals surface area contributed by atoms with Crippen LogP contribution in [-0.2, 0) is 6.61 Å². The molecule has 210 valence electrons.